The van der Waals surface area contributed by atoms with Crippen molar-refractivity contribution in [1.29, 1.82) is 0 Å². The molecule has 1 amide bonds. The van der Waals surface area contributed by atoms with Crippen LogP contribution < -0.4 is 4.90 Å². The van der Waals surface area contributed by atoms with E-state index in [1.165, 1.54) is 10.5 Å². The molecule has 1 saturated heterocycles. The fourth-order valence-corrected chi connectivity index (χ4v) is 3.27. The normalized spacial score (nSPS) is 24.5. The molecule has 2 aliphatic heterocycles. The van der Waals surface area contributed by atoms with Gasteiger partial charge in [0.15, 0.2) is 0 Å². The molecule has 0 radical (unpaired) electrons. The Labute approximate surface area is 118 Å². The van der Waals surface area contributed by atoms with E-state index in [4.69, 9.17) is 4.74 Å². The number of anilines is 1. The summed E-state index contributed by atoms with van der Waals surface area (Å²) < 4.78 is 5.13. The quantitative estimate of drug-likeness (QED) is 0.883. The molecule has 2 aliphatic rings. The van der Waals surface area contributed by atoms with Crippen LogP contribution in [0.1, 0.15) is 18.2 Å². The molecule has 0 spiro atoms. The molecule has 3 rings (SSSR count). The highest BCUT2D eigenvalue weighted by molar-refractivity contribution is 5.67. The maximum atomic E-state index is 11.2. The Morgan fingerprint density at radius 3 is 3.00 bits per heavy atom. The molecule has 6 nitrogen and oxygen atoms in total. The molecule has 0 saturated carbocycles. The summed E-state index contributed by atoms with van der Waals surface area (Å²) >= 11 is 0. The number of rotatable bonds is 2. The summed E-state index contributed by atoms with van der Waals surface area (Å²) in [6.07, 6.45) is 0.0319. The number of ether oxygens (including phenoxy) is 1. The average Bonchev–Trinajstić information content (AvgIpc) is 2.77. The van der Waals surface area contributed by atoms with Crippen molar-refractivity contribution < 1.29 is 14.6 Å². The Kier molecular flexibility index (Phi) is 3.25. The van der Waals surface area contributed by atoms with E-state index in [-0.39, 0.29) is 12.1 Å². The first kappa shape index (κ1) is 13.2. The highest BCUT2D eigenvalue weighted by Gasteiger charge is 2.40. The Bertz CT molecular complexity index is 534. The van der Waals surface area contributed by atoms with Crippen LogP contribution in [0, 0.1) is 0 Å². The van der Waals surface area contributed by atoms with Crippen LogP contribution in [0.4, 0.5) is 10.6 Å². The first-order chi connectivity index (χ1) is 9.60. The van der Waals surface area contributed by atoms with Crippen molar-refractivity contribution >= 4 is 11.9 Å². The van der Waals surface area contributed by atoms with Crippen molar-refractivity contribution in [2.75, 3.05) is 25.1 Å². The Balaban J connectivity index is 1.88. The fourth-order valence-electron chi connectivity index (χ4n) is 3.27. The molecular weight excluding hydrogens is 258 g/mol. The van der Waals surface area contributed by atoms with Gasteiger partial charge in [-0.3, -0.25) is 0 Å². The zero-order valence-electron chi connectivity index (χ0n) is 11.7. The summed E-state index contributed by atoms with van der Waals surface area (Å²) in [6, 6.07) is 4.43. The van der Waals surface area contributed by atoms with Gasteiger partial charge in [-0.05, 0) is 25.0 Å². The molecule has 0 aliphatic carbocycles. The van der Waals surface area contributed by atoms with Crippen LogP contribution in [0.5, 0.6) is 0 Å². The van der Waals surface area contributed by atoms with Crippen LogP contribution in [0.25, 0.3) is 0 Å². The standard InChI is InChI=1S/C14H19N3O3/c1-9-6-16(14(18)19)7-12-5-10-3-4-11(8-20-2)15-13(10)17(9)12/h3-4,9,12H,5-8H2,1-2H3,(H,18,19)/t9-,12-/m1/s1. The number of amides is 1. The monoisotopic (exact) mass is 277 g/mol. The Hall–Kier alpha value is -1.82. The number of hydrogen-bond acceptors (Lipinski definition) is 4. The molecule has 3 heterocycles. The maximum Gasteiger partial charge on any atom is 0.407 e. The van der Waals surface area contributed by atoms with E-state index in [0.29, 0.717) is 19.7 Å². The van der Waals surface area contributed by atoms with E-state index in [0.717, 1.165) is 17.9 Å². The third-order valence-electron chi connectivity index (χ3n) is 4.06. The number of aromatic nitrogens is 1. The van der Waals surface area contributed by atoms with Gasteiger partial charge in [-0.1, -0.05) is 6.07 Å². The van der Waals surface area contributed by atoms with E-state index in [9.17, 15) is 9.90 Å². The molecule has 6 heteroatoms. The fraction of sp³-hybridized carbons (Fsp3) is 0.571. The molecular formula is C14H19N3O3. The lowest BCUT2D eigenvalue weighted by Gasteiger charge is -2.42. The van der Waals surface area contributed by atoms with Gasteiger partial charge in [-0.15, -0.1) is 0 Å². The van der Waals surface area contributed by atoms with E-state index in [1.807, 2.05) is 6.07 Å². The predicted molar refractivity (Wildman–Crippen MR) is 74.0 cm³/mol. The number of hydrogen-bond donors (Lipinski definition) is 1. The van der Waals surface area contributed by atoms with Crippen LogP contribution in [0.15, 0.2) is 12.1 Å². The number of fused-ring (bicyclic) bond motifs is 3. The Morgan fingerprint density at radius 1 is 1.50 bits per heavy atom. The minimum atomic E-state index is -0.833. The SMILES string of the molecule is COCc1ccc2c(n1)N1[C@H](C2)CN(C(=O)O)C[C@H]1C. The Morgan fingerprint density at radius 2 is 2.30 bits per heavy atom. The number of pyridine rings is 1. The third-order valence-corrected chi connectivity index (χ3v) is 4.06. The molecule has 108 valence electrons. The lowest BCUT2D eigenvalue weighted by molar-refractivity contribution is 0.128. The molecule has 1 fully saturated rings. The van der Waals surface area contributed by atoms with Crippen LogP contribution in [-0.2, 0) is 17.8 Å². The minimum Gasteiger partial charge on any atom is -0.465 e. The summed E-state index contributed by atoms with van der Waals surface area (Å²) in [5.41, 5.74) is 2.12. The third kappa shape index (κ3) is 2.10. The van der Waals surface area contributed by atoms with Gasteiger partial charge in [0.2, 0.25) is 0 Å². The van der Waals surface area contributed by atoms with Crippen LogP contribution >= 0.6 is 0 Å². The lowest BCUT2D eigenvalue weighted by atomic mass is 10.1. The van der Waals surface area contributed by atoms with E-state index < -0.39 is 6.09 Å². The van der Waals surface area contributed by atoms with Crippen LogP contribution in [0.3, 0.4) is 0 Å². The number of nitrogens with zero attached hydrogens (tertiary/aromatic N) is 3. The first-order valence-corrected chi connectivity index (χ1v) is 6.84. The topological polar surface area (TPSA) is 65.9 Å². The molecule has 1 aromatic heterocycles. The van der Waals surface area contributed by atoms with Gasteiger partial charge in [0.25, 0.3) is 0 Å². The second kappa shape index (κ2) is 4.94. The zero-order chi connectivity index (χ0) is 14.3. The molecule has 0 unspecified atom stereocenters. The number of carbonyl (C=O) groups is 1. The maximum absolute atomic E-state index is 11.2. The summed E-state index contributed by atoms with van der Waals surface area (Å²) in [4.78, 5) is 19.6. The number of piperazine rings is 1. The zero-order valence-corrected chi connectivity index (χ0v) is 11.7. The summed E-state index contributed by atoms with van der Waals surface area (Å²) in [5.74, 6) is 1.00. The molecule has 1 aromatic rings. The number of methoxy groups -OCH3 is 1. The molecule has 0 bridgehead atoms. The van der Waals surface area contributed by atoms with E-state index >= 15 is 0 Å². The van der Waals surface area contributed by atoms with Crippen molar-refractivity contribution in [3.63, 3.8) is 0 Å². The molecule has 0 aromatic carbocycles. The van der Waals surface area contributed by atoms with Crippen molar-refractivity contribution in [3.05, 3.63) is 23.4 Å². The highest BCUT2D eigenvalue weighted by Crippen LogP contribution is 2.35. The van der Waals surface area contributed by atoms with Gasteiger partial charge in [-0.2, -0.15) is 0 Å². The van der Waals surface area contributed by atoms with Gasteiger partial charge < -0.3 is 19.6 Å². The van der Waals surface area contributed by atoms with Gasteiger partial charge in [0, 0.05) is 26.2 Å². The van der Waals surface area contributed by atoms with Crippen molar-refractivity contribution in [1.82, 2.24) is 9.88 Å². The lowest BCUT2D eigenvalue weighted by Crippen LogP contribution is -2.58. The van der Waals surface area contributed by atoms with Gasteiger partial charge in [0.1, 0.15) is 5.82 Å². The van der Waals surface area contributed by atoms with Gasteiger partial charge in [0.05, 0.1) is 18.3 Å². The minimum absolute atomic E-state index is 0.149. The largest absolute Gasteiger partial charge is 0.465 e. The van der Waals surface area contributed by atoms with Gasteiger partial charge >= 0.3 is 6.09 Å². The molecule has 20 heavy (non-hydrogen) atoms. The molecule has 2 atom stereocenters. The van der Waals surface area contributed by atoms with Crippen molar-refractivity contribution in [2.45, 2.75) is 32.0 Å². The van der Waals surface area contributed by atoms with Crippen molar-refractivity contribution in [3.8, 4) is 0 Å². The molecule has 1 N–H and O–H groups in total. The average molecular weight is 277 g/mol. The second-order valence-electron chi connectivity index (χ2n) is 5.52. The van der Waals surface area contributed by atoms with E-state index in [2.05, 4.69) is 22.9 Å². The van der Waals surface area contributed by atoms with Crippen LogP contribution in [-0.4, -0.2) is 53.4 Å². The predicted octanol–water partition coefficient (Wildman–Crippen LogP) is 1.34. The highest BCUT2D eigenvalue weighted by atomic mass is 16.5. The van der Waals surface area contributed by atoms with E-state index in [1.54, 1.807) is 7.11 Å². The summed E-state index contributed by atoms with van der Waals surface area (Å²) in [6.45, 7) is 3.64. The number of carboxylic acid groups (broad SMARTS) is 1. The van der Waals surface area contributed by atoms with Gasteiger partial charge in [-0.25, -0.2) is 9.78 Å². The van der Waals surface area contributed by atoms with Crippen LogP contribution in [0.2, 0.25) is 0 Å². The second-order valence-corrected chi connectivity index (χ2v) is 5.52. The summed E-state index contributed by atoms with van der Waals surface area (Å²) in [7, 11) is 1.66. The first-order valence-electron chi connectivity index (χ1n) is 6.84. The smallest absolute Gasteiger partial charge is 0.407 e. The van der Waals surface area contributed by atoms with Crippen molar-refractivity contribution in [2.24, 2.45) is 0 Å². The summed E-state index contributed by atoms with van der Waals surface area (Å²) in [5, 5.41) is 9.18.